The summed E-state index contributed by atoms with van der Waals surface area (Å²) in [4.78, 5) is 15.9. The zero-order valence-corrected chi connectivity index (χ0v) is 11.1. The fourth-order valence-electron chi connectivity index (χ4n) is 1.72. The van der Waals surface area contributed by atoms with E-state index in [0.29, 0.717) is 11.4 Å². The molecule has 1 fully saturated rings. The summed E-state index contributed by atoms with van der Waals surface area (Å²) in [5, 5.41) is 9.47. The van der Waals surface area contributed by atoms with Gasteiger partial charge in [0.05, 0.1) is 5.56 Å². The van der Waals surface area contributed by atoms with Gasteiger partial charge in [-0.15, -0.1) is 10.2 Å². The number of carbonyl (C=O) groups excluding carboxylic acids is 1. The van der Waals surface area contributed by atoms with E-state index in [0.717, 1.165) is 12.8 Å². The van der Waals surface area contributed by atoms with E-state index in [2.05, 4.69) is 20.5 Å². The highest BCUT2D eigenvalue weighted by Gasteiger charge is 2.44. The van der Waals surface area contributed by atoms with Crippen molar-refractivity contribution >= 4 is 11.7 Å². The Morgan fingerprint density at radius 2 is 2.14 bits per heavy atom. The quantitative estimate of drug-likeness (QED) is 0.937. The van der Waals surface area contributed by atoms with E-state index in [1.165, 1.54) is 6.20 Å². The highest BCUT2D eigenvalue weighted by Crippen LogP contribution is 2.45. The number of amides is 1. The molecular weight excluding hydrogens is 282 g/mol. The Bertz CT molecular complexity index is 665. The Labute approximate surface area is 118 Å². The van der Waals surface area contributed by atoms with Gasteiger partial charge in [-0.25, -0.2) is 4.98 Å². The second-order valence-corrected chi connectivity index (χ2v) is 5.19. The van der Waals surface area contributed by atoms with Crippen LogP contribution in [-0.2, 0) is 4.79 Å². The summed E-state index contributed by atoms with van der Waals surface area (Å²) in [5.41, 5.74) is 0.115. The van der Waals surface area contributed by atoms with Gasteiger partial charge in [0.25, 0.3) is 5.89 Å². The van der Waals surface area contributed by atoms with Crippen molar-refractivity contribution in [2.75, 3.05) is 5.32 Å². The van der Waals surface area contributed by atoms with Crippen LogP contribution in [0.15, 0.2) is 22.7 Å². The Morgan fingerprint density at radius 1 is 1.38 bits per heavy atom. The fourth-order valence-corrected chi connectivity index (χ4v) is 1.72. The average Bonchev–Trinajstić information content (AvgIpc) is 3.03. The molecule has 2 heterocycles. The highest BCUT2D eigenvalue weighted by molar-refractivity contribution is 5.96. The lowest BCUT2D eigenvalue weighted by Crippen LogP contribution is -2.21. The zero-order chi connectivity index (χ0) is 15.0. The largest absolute Gasteiger partial charge is 0.415 e. The van der Waals surface area contributed by atoms with Crippen LogP contribution in [0.2, 0.25) is 0 Å². The molecule has 8 heteroatoms. The molecule has 0 aliphatic heterocycles. The number of aromatic nitrogens is 3. The number of anilines is 1. The van der Waals surface area contributed by atoms with Crippen molar-refractivity contribution < 1.29 is 18.0 Å². The Kier molecular flexibility index (Phi) is 3.15. The van der Waals surface area contributed by atoms with Gasteiger partial charge in [0.1, 0.15) is 5.82 Å². The van der Waals surface area contributed by atoms with E-state index in [4.69, 9.17) is 4.42 Å². The number of nitrogens with zero attached hydrogens (tertiary/aromatic N) is 3. The maximum Gasteiger partial charge on any atom is 0.314 e. The number of alkyl halides is 2. The molecular formula is C13H12F2N4O2. The monoisotopic (exact) mass is 294 g/mol. The van der Waals surface area contributed by atoms with Gasteiger partial charge in [-0.3, -0.25) is 4.79 Å². The first-order valence-corrected chi connectivity index (χ1v) is 6.37. The minimum absolute atomic E-state index is 0.0372. The van der Waals surface area contributed by atoms with Crippen molar-refractivity contribution in [1.29, 1.82) is 0 Å². The molecule has 6 nitrogen and oxygen atoms in total. The van der Waals surface area contributed by atoms with Gasteiger partial charge in [0, 0.05) is 11.6 Å². The second kappa shape index (κ2) is 4.87. The minimum Gasteiger partial charge on any atom is -0.415 e. The van der Waals surface area contributed by atoms with Crippen LogP contribution in [0.4, 0.5) is 14.6 Å². The molecule has 0 bridgehead atoms. The van der Waals surface area contributed by atoms with Crippen molar-refractivity contribution in [3.63, 3.8) is 0 Å². The predicted octanol–water partition coefficient (Wildman–Crippen LogP) is 2.81. The third-order valence-corrected chi connectivity index (χ3v) is 3.43. The van der Waals surface area contributed by atoms with Gasteiger partial charge < -0.3 is 9.73 Å². The molecule has 2 aromatic rings. The minimum atomic E-state index is -2.81. The molecule has 1 saturated carbocycles. The van der Waals surface area contributed by atoms with Crippen LogP contribution in [0.1, 0.15) is 32.1 Å². The molecule has 0 aromatic carbocycles. The number of pyridine rings is 1. The van der Waals surface area contributed by atoms with Gasteiger partial charge in [-0.05, 0) is 25.0 Å². The first kappa shape index (κ1) is 13.6. The lowest BCUT2D eigenvalue weighted by molar-refractivity contribution is -0.120. The van der Waals surface area contributed by atoms with Crippen LogP contribution in [0, 0.1) is 5.41 Å². The molecule has 0 atom stereocenters. The normalized spacial score (nSPS) is 16.0. The van der Waals surface area contributed by atoms with Crippen LogP contribution in [-0.4, -0.2) is 21.1 Å². The average molecular weight is 294 g/mol. The van der Waals surface area contributed by atoms with Crippen molar-refractivity contribution in [3.8, 4) is 11.5 Å². The second-order valence-electron chi connectivity index (χ2n) is 5.19. The van der Waals surface area contributed by atoms with E-state index >= 15 is 0 Å². The first-order valence-electron chi connectivity index (χ1n) is 6.37. The van der Waals surface area contributed by atoms with Crippen LogP contribution >= 0.6 is 0 Å². The molecule has 1 aliphatic rings. The summed E-state index contributed by atoms with van der Waals surface area (Å²) in [7, 11) is 0. The third-order valence-electron chi connectivity index (χ3n) is 3.43. The molecule has 21 heavy (non-hydrogen) atoms. The summed E-state index contributed by atoms with van der Waals surface area (Å²) in [6.07, 6.45) is 0.315. The molecule has 1 N–H and O–H groups in total. The summed E-state index contributed by atoms with van der Waals surface area (Å²) in [5.74, 6) is -0.445. The molecule has 2 aromatic heterocycles. The Balaban J connectivity index is 1.72. The van der Waals surface area contributed by atoms with Crippen LogP contribution in [0.5, 0.6) is 0 Å². The standard InChI is InChI=1S/C13H12F2N4O2/c1-13(4-5-13)12(20)17-8-3-2-7(6-16-8)10-18-19-11(21-10)9(14)15/h2-3,6,9H,4-5H2,1H3,(H,16,17,20). The Morgan fingerprint density at radius 3 is 2.67 bits per heavy atom. The maximum atomic E-state index is 12.4. The number of rotatable bonds is 4. The summed E-state index contributed by atoms with van der Waals surface area (Å²) >= 11 is 0. The van der Waals surface area contributed by atoms with Crippen molar-refractivity contribution in [3.05, 3.63) is 24.2 Å². The maximum absolute atomic E-state index is 12.4. The predicted molar refractivity (Wildman–Crippen MR) is 68.5 cm³/mol. The summed E-state index contributed by atoms with van der Waals surface area (Å²) < 4.78 is 29.5. The number of nitrogens with one attached hydrogen (secondary N) is 1. The highest BCUT2D eigenvalue weighted by atomic mass is 19.3. The van der Waals surface area contributed by atoms with Crippen LogP contribution < -0.4 is 5.32 Å². The molecule has 0 spiro atoms. The van der Waals surface area contributed by atoms with Crippen LogP contribution in [0.25, 0.3) is 11.5 Å². The van der Waals surface area contributed by atoms with E-state index in [1.54, 1.807) is 12.1 Å². The smallest absolute Gasteiger partial charge is 0.314 e. The topological polar surface area (TPSA) is 80.9 Å². The molecule has 1 aliphatic carbocycles. The zero-order valence-electron chi connectivity index (χ0n) is 11.1. The van der Waals surface area contributed by atoms with Gasteiger partial charge in [-0.1, -0.05) is 6.92 Å². The number of hydrogen-bond acceptors (Lipinski definition) is 5. The van der Waals surface area contributed by atoms with E-state index in [1.807, 2.05) is 6.92 Å². The molecule has 0 unspecified atom stereocenters. The molecule has 0 radical (unpaired) electrons. The van der Waals surface area contributed by atoms with Crippen molar-refractivity contribution in [2.45, 2.75) is 26.2 Å². The summed E-state index contributed by atoms with van der Waals surface area (Å²) in [6, 6.07) is 3.13. The molecule has 0 saturated heterocycles. The first-order chi connectivity index (χ1) is 9.98. The SMILES string of the molecule is CC1(C(=O)Nc2ccc(-c3nnc(C(F)F)o3)cn2)CC1. The van der Waals surface area contributed by atoms with E-state index in [9.17, 15) is 13.6 Å². The van der Waals surface area contributed by atoms with Gasteiger partial charge in [-0.2, -0.15) is 8.78 Å². The van der Waals surface area contributed by atoms with Gasteiger partial charge >= 0.3 is 6.43 Å². The van der Waals surface area contributed by atoms with Gasteiger partial charge in [0.15, 0.2) is 0 Å². The van der Waals surface area contributed by atoms with Gasteiger partial charge in [0.2, 0.25) is 11.8 Å². The molecule has 3 rings (SSSR count). The van der Waals surface area contributed by atoms with Crippen molar-refractivity contribution in [1.82, 2.24) is 15.2 Å². The van der Waals surface area contributed by atoms with E-state index in [-0.39, 0.29) is 17.2 Å². The lowest BCUT2D eigenvalue weighted by Gasteiger charge is -2.08. The number of halogens is 2. The molecule has 1 amide bonds. The number of hydrogen-bond donors (Lipinski definition) is 1. The number of carbonyl (C=O) groups is 1. The Hall–Kier alpha value is -2.38. The lowest BCUT2D eigenvalue weighted by atomic mass is 10.1. The van der Waals surface area contributed by atoms with E-state index < -0.39 is 12.3 Å². The molecule has 110 valence electrons. The fraction of sp³-hybridized carbons (Fsp3) is 0.385. The van der Waals surface area contributed by atoms with Crippen molar-refractivity contribution in [2.24, 2.45) is 5.41 Å². The third kappa shape index (κ3) is 2.74. The summed E-state index contributed by atoms with van der Waals surface area (Å²) in [6.45, 7) is 1.89. The van der Waals surface area contributed by atoms with Crippen LogP contribution in [0.3, 0.4) is 0 Å².